The van der Waals surface area contributed by atoms with Crippen molar-refractivity contribution in [2.24, 2.45) is 0 Å². The number of rotatable bonds is 8. The molecule has 3 aromatic rings. The molecule has 0 unspecified atom stereocenters. The van der Waals surface area contributed by atoms with E-state index in [9.17, 15) is 9.90 Å². The number of carbonyl (C=O) groups is 1. The van der Waals surface area contributed by atoms with Crippen molar-refractivity contribution in [2.75, 3.05) is 19.7 Å². The average Bonchev–Trinajstić information content (AvgIpc) is 3.32. The molecule has 1 aliphatic heterocycles. The maximum absolute atomic E-state index is 12.1. The Kier molecular flexibility index (Phi) is 6.29. The van der Waals surface area contributed by atoms with Crippen LogP contribution in [0.2, 0.25) is 5.02 Å². The van der Waals surface area contributed by atoms with Crippen LogP contribution in [0.3, 0.4) is 0 Å². The first-order valence-electron chi connectivity index (χ1n) is 9.60. The van der Waals surface area contributed by atoms with E-state index in [4.69, 9.17) is 25.8 Å². The molecule has 162 valence electrons. The third-order valence-corrected chi connectivity index (χ3v) is 6.31. The van der Waals surface area contributed by atoms with Crippen LogP contribution < -0.4 is 14.2 Å². The van der Waals surface area contributed by atoms with Crippen LogP contribution >= 0.6 is 23.4 Å². The van der Waals surface area contributed by atoms with Crippen LogP contribution in [0.1, 0.15) is 27.4 Å². The molecule has 31 heavy (non-hydrogen) atoms. The smallest absolute Gasteiger partial charge is 0.355 e. The number of carboxylic acids is 1. The zero-order chi connectivity index (χ0) is 22.0. The van der Waals surface area contributed by atoms with Crippen LogP contribution in [0.15, 0.2) is 41.4 Å². The number of nitrogens with zero attached hydrogens (tertiary/aromatic N) is 2. The first-order valence-corrected chi connectivity index (χ1v) is 11.0. The molecule has 0 spiro atoms. The second kappa shape index (κ2) is 9.11. The number of benzene rings is 2. The molecule has 0 saturated heterocycles. The van der Waals surface area contributed by atoms with Crippen molar-refractivity contribution in [2.45, 2.75) is 24.9 Å². The number of aryl methyl sites for hydroxylation is 2. The summed E-state index contributed by atoms with van der Waals surface area (Å²) in [5.74, 6) is 2.28. The number of imidazole rings is 1. The summed E-state index contributed by atoms with van der Waals surface area (Å²) in [6.07, 6.45) is 0.785. The molecule has 2 heterocycles. The second-order valence-electron chi connectivity index (χ2n) is 6.95. The van der Waals surface area contributed by atoms with Gasteiger partial charge in [-0.15, -0.1) is 11.8 Å². The Morgan fingerprint density at radius 3 is 2.65 bits per heavy atom. The number of aromatic carboxylic acids is 1. The van der Waals surface area contributed by atoms with Gasteiger partial charge >= 0.3 is 5.97 Å². The normalized spacial score (nSPS) is 12.2. The fourth-order valence-electron chi connectivity index (χ4n) is 3.35. The quantitative estimate of drug-likeness (QED) is 0.489. The van der Waals surface area contributed by atoms with E-state index in [0.29, 0.717) is 33.1 Å². The summed E-state index contributed by atoms with van der Waals surface area (Å²) >= 11 is 7.82. The highest BCUT2D eigenvalue weighted by Gasteiger charge is 2.23. The Hall–Kier alpha value is -2.84. The average molecular weight is 461 g/mol. The SMILES string of the molecule is COc1ccc(CCSc2nc(C)n(Cc3cc4c(cc3Cl)OCO4)c2C(=O)O)cc1. The lowest BCUT2D eigenvalue weighted by Gasteiger charge is -2.11. The summed E-state index contributed by atoms with van der Waals surface area (Å²) in [7, 11) is 1.63. The van der Waals surface area contributed by atoms with Gasteiger partial charge in [0, 0.05) is 16.8 Å². The monoisotopic (exact) mass is 460 g/mol. The van der Waals surface area contributed by atoms with Crippen molar-refractivity contribution >= 4 is 29.3 Å². The molecule has 7 nitrogen and oxygen atoms in total. The molecular formula is C22H21ClN2O5S. The number of hydrogen-bond acceptors (Lipinski definition) is 6. The van der Waals surface area contributed by atoms with Crippen molar-refractivity contribution in [3.63, 3.8) is 0 Å². The van der Waals surface area contributed by atoms with Gasteiger partial charge in [-0.05, 0) is 42.7 Å². The van der Waals surface area contributed by atoms with Crippen LogP contribution in [0.4, 0.5) is 0 Å². The summed E-state index contributed by atoms with van der Waals surface area (Å²) in [5, 5.41) is 10.9. The topological polar surface area (TPSA) is 82.8 Å². The predicted molar refractivity (Wildman–Crippen MR) is 118 cm³/mol. The lowest BCUT2D eigenvalue weighted by Crippen LogP contribution is -2.12. The minimum atomic E-state index is -1.02. The van der Waals surface area contributed by atoms with E-state index >= 15 is 0 Å². The number of hydrogen-bond donors (Lipinski definition) is 1. The van der Waals surface area contributed by atoms with Gasteiger partial charge in [-0.2, -0.15) is 0 Å². The number of halogens is 1. The van der Waals surface area contributed by atoms with E-state index in [-0.39, 0.29) is 19.0 Å². The summed E-state index contributed by atoms with van der Waals surface area (Å²) < 4.78 is 17.6. The zero-order valence-electron chi connectivity index (χ0n) is 17.1. The number of aromatic nitrogens is 2. The van der Waals surface area contributed by atoms with Gasteiger partial charge in [0.15, 0.2) is 17.2 Å². The molecule has 1 aromatic heterocycles. The van der Waals surface area contributed by atoms with Crippen molar-refractivity contribution in [3.8, 4) is 17.2 Å². The van der Waals surface area contributed by atoms with E-state index in [1.807, 2.05) is 24.3 Å². The molecule has 2 aromatic carbocycles. The van der Waals surface area contributed by atoms with Gasteiger partial charge in [0.2, 0.25) is 6.79 Å². The van der Waals surface area contributed by atoms with Gasteiger partial charge in [-0.1, -0.05) is 23.7 Å². The summed E-state index contributed by atoms with van der Waals surface area (Å²) in [6.45, 7) is 2.21. The molecule has 0 amide bonds. The molecule has 1 N–H and O–H groups in total. The van der Waals surface area contributed by atoms with Gasteiger partial charge in [0.25, 0.3) is 0 Å². The van der Waals surface area contributed by atoms with E-state index in [2.05, 4.69) is 4.98 Å². The Morgan fingerprint density at radius 1 is 1.26 bits per heavy atom. The van der Waals surface area contributed by atoms with Crippen molar-refractivity contribution in [1.82, 2.24) is 9.55 Å². The Bertz CT molecular complexity index is 1110. The van der Waals surface area contributed by atoms with Gasteiger partial charge in [0.05, 0.1) is 13.7 Å². The van der Waals surface area contributed by atoms with Gasteiger partial charge in [0.1, 0.15) is 16.6 Å². The highest BCUT2D eigenvalue weighted by Crippen LogP contribution is 2.37. The largest absolute Gasteiger partial charge is 0.497 e. The standard InChI is InChI=1S/C22H21ClN2O5S/c1-13-24-21(31-8-7-14-3-5-16(28-2)6-4-14)20(22(26)27)25(13)11-15-9-18-19(10-17(15)23)30-12-29-18/h3-6,9-10H,7-8,11-12H2,1-2H3,(H,26,27). The number of methoxy groups -OCH3 is 1. The molecule has 0 atom stereocenters. The molecule has 1 aliphatic rings. The van der Waals surface area contributed by atoms with Gasteiger partial charge < -0.3 is 23.9 Å². The summed E-state index contributed by atoms with van der Waals surface area (Å²) in [6, 6.07) is 11.3. The number of carboxylic acid groups (broad SMARTS) is 1. The van der Waals surface area contributed by atoms with E-state index in [1.54, 1.807) is 30.7 Å². The van der Waals surface area contributed by atoms with E-state index in [0.717, 1.165) is 23.3 Å². The lowest BCUT2D eigenvalue weighted by atomic mass is 10.2. The Balaban J connectivity index is 1.52. The molecular weight excluding hydrogens is 440 g/mol. The predicted octanol–water partition coefficient (Wildman–Crippen LogP) is 4.66. The zero-order valence-corrected chi connectivity index (χ0v) is 18.6. The number of thioether (sulfide) groups is 1. The fraction of sp³-hybridized carbons (Fsp3) is 0.273. The highest BCUT2D eigenvalue weighted by atomic mass is 35.5. The molecule has 0 bridgehead atoms. The minimum Gasteiger partial charge on any atom is -0.497 e. The Labute approximate surface area is 188 Å². The van der Waals surface area contributed by atoms with Crippen LogP contribution in [0.25, 0.3) is 0 Å². The van der Waals surface area contributed by atoms with Crippen molar-refractivity contribution in [3.05, 3.63) is 64.1 Å². The van der Waals surface area contributed by atoms with Crippen molar-refractivity contribution < 1.29 is 24.1 Å². The van der Waals surface area contributed by atoms with Crippen LogP contribution in [0.5, 0.6) is 17.2 Å². The number of fused-ring (bicyclic) bond motifs is 1. The number of ether oxygens (including phenoxy) is 3. The summed E-state index contributed by atoms with van der Waals surface area (Å²) in [4.78, 5) is 16.6. The van der Waals surface area contributed by atoms with E-state index < -0.39 is 5.97 Å². The Morgan fingerprint density at radius 2 is 1.97 bits per heavy atom. The van der Waals surface area contributed by atoms with E-state index in [1.165, 1.54) is 11.8 Å². The maximum atomic E-state index is 12.1. The molecule has 4 rings (SSSR count). The third-order valence-electron chi connectivity index (χ3n) is 4.99. The third kappa shape index (κ3) is 4.60. The summed E-state index contributed by atoms with van der Waals surface area (Å²) in [5.41, 5.74) is 2.04. The van der Waals surface area contributed by atoms with Gasteiger partial charge in [-0.25, -0.2) is 9.78 Å². The second-order valence-corrected chi connectivity index (χ2v) is 8.44. The highest BCUT2D eigenvalue weighted by molar-refractivity contribution is 7.99. The molecule has 9 heteroatoms. The molecule has 0 radical (unpaired) electrons. The molecule has 0 fully saturated rings. The van der Waals surface area contributed by atoms with Crippen molar-refractivity contribution in [1.29, 1.82) is 0 Å². The molecule has 0 saturated carbocycles. The van der Waals surface area contributed by atoms with Crippen LogP contribution in [-0.2, 0) is 13.0 Å². The maximum Gasteiger partial charge on any atom is 0.355 e. The van der Waals surface area contributed by atoms with Gasteiger partial charge in [-0.3, -0.25) is 0 Å². The lowest BCUT2D eigenvalue weighted by molar-refractivity contribution is 0.0681. The van der Waals surface area contributed by atoms with Crippen LogP contribution in [0, 0.1) is 6.92 Å². The van der Waals surface area contributed by atoms with Crippen LogP contribution in [-0.4, -0.2) is 40.3 Å². The minimum absolute atomic E-state index is 0.147. The fourth-order valence-corrected chi connectivity index (χ4v) is 4.62. The first-order chi connectivity index (χ1) is 15.0. The first kappa shape index (κ1) is 21.4. The molecule has 0 aliphatic carbocycles.